The number of carbonyl (C=O) groups is 1. The third kappa shape index (κ3) is 2.85. The Kier molecular flexibility index (Phi) is 3.68. The number of hydrogen-bond acceptors (Lipinski definition) is 4. The second-order valence-electron chi connectivity index (χ2n) is 6.16. The van der Waals surface area contributed by atoms with Crippen LogP contribution in [0.15, 0.2) is 23.1 Å². The van der Waals surface area contributed by atoms with Crippen molar-refractivity contribution in [3.63, 3.8) is 0 Å². The fourth-order valence-electron chi connectivity index (χ4n) is 2.46. The molecule has 0 aromatic carbocycles. The molecule has 2 aromatic rings. The first kappa shape index (κ1) is 15.0. The van der Waals surface area contributed by atoms with E-state index >= 15 is 0 Å². The quantitative estimate of drug-likeness (QED) is 0.840. The van der Waals surface area contributed by atoms with Crippen molar-refractivity contribution in [1.29, 1.82) is 0 Å². The number of nitrogens with zero attached hydrogens (tertiary/aromatic N) is 3. The van der Waals surface area contributed by atoms with Crippen molar-refractivity contribution < 1.29 is 9.53 Å². The van der Waals surface area contributed by atoms with Gasteiger partial charge in [0.2, 0.25) is 0 Å². The lowest BCUT2D eigenvalue weighted by Crippen LogP contribution is -2.27. The molecule has 0 saturated carbocycles. The summed E-state index contributed by atoms with van der Waals surface area (Å²) in [6.45, 7) is 5.50. The van der Waals surface area contributed by atoms with Crippen LogP contribution in [0.25, 0.3) is 5.69 Å². The van der Waals surface area contributed by atoms with Crippen LogP contribution in [-0.2, 0) is 17.6 Å². The SMILES string of the molecule is CC(C)(C)OC(=O)Nc1cnn2c1CCc1c(Br)cncc1-2. The van der Waals surface area contributed by atoms with Gasteiger partial charge >= 0.3 is 6.09 Å². The molecule has 0 atom stereocenters. The molecule has 0 fully saturated rings. The zero-order valence-electron chi connectivity index (χ0n) is 12.7. The van der Waals surface area contributed by atoms with Gasteiger partial charge in [-0.15, -0.1) is 0 Å². The van der Waals surface area contributed by atoms with Crippen LogP contribution in [0.2, 0.25) is 0 Å². The molecule has 0 radical (unpaired) electrons. The van der Waals surface area contributed by atoms with Crippen molar-refractivity contribution in [2.24, 2.45) is 0 Å². The Morgan fingerprint density at radius 2 is 2.09 bits per heavy atom. The highest BCUT2D eigenvalue weighted by atomic mass is 79.9. The molecule has 6 nitrogen and oxygen atoms in total. The minimum atomic E-state index is -0.529. The topological polar surface area (TPSA) is 69.0 Å². The summed E-state index contributed by atoms with van der Waals surface area (Å²) >= 11 is 3.52. The van der Waals surface area contributed by atoms with E-state index in [4.69, 9.17) is 4.74 Å². The minimum absolute atomic E-state index is 0.471. The molecule has 0 bridgehead atoms. The van der Waals surface area contributed by atoms with E-state index in [1.54, 1.807) is 18.6 Å². The van der Waals surface area contributed by atoms with Gasteiger partial charge in [0, 0.05) is 10.7 Å². The molecule has 1 amide bonds. The van der Waals surface area contributed by atoms with Crippen LogP contribution in [0.1, 0.15) is 32.0 Å². The van der Waals surface area contributed by atoms with Crippen LogP contribution in [0, 0.1) is 0 Å². The zero-order chi connectivity index (χ0) is 15.9. The van der Waals surface area contributed by atoms with Gasteiger partial charge in [-0.05, 0) is 55.1 Å². The fourth-order valence-corrected chi connectivity index (χ4v) is 2.98. The van der Waals surface area contributed by atoms with Crippen LogP contribution in [0.4, 0.5) is 10.5 Å². The second kappa shape index (κ2) is 5.39. The Morgan fingerprint density at radius 3 is 2.82 bits per heavy atom. The number of carbonyl (C=O) groups excluding carboxylic acids is 1. The molecule has 1 N–H and O–H groups in total. The number of hydrogen-bond donors (Lipinski definition) is 1. The molecule has 0 aliphatic carbocycles. The van der Waals surface area contributed by atoms with Gasteiger partial charge in [0.15, 0.2) is 0 Å². The van der Waals surface area contributed by atoms with Crippen LogP contribution in [0.3, 0.4) is 0 Å². The number of halogens is 1. The summed E-state index contributed by atoms with van der Waals surface area (Å²) in [5.41, 5.74) is 3.22. The smallest absolute Gasteiger partial charge is 0.412 e. The lowest BCUT2D eigenvalue weighted by Gasteiger charge is -2.21. The average Bonchev–Trinajstić information content (AvgIpc) is 2.80. The number of ether oxygens (including phenoxy) is 1. The van der Waals surface area contributed by atoms with Gasteiger partial charge in [0.25, 0.3) is 0 Å². The van der Waals surface area contributed by atoms with E-state index in [0.29, 0.717) is 5.69 Å². The summed E-state index contributed by atoms with van der Waals surface area (Å²) in [5.74, 6) is 0. The van der Waals surface area contributed by atoms with Crippen molar-refractivity contribution in [3.05, 3.63) is 34.3 Å². The highest BCUT2D eigenvalue weighted by Crippen LogP contribution is 2.32. The number of fused-ring (bicyclic) bond motifs is 3. The number of aromatic nitrogens is 3. The van der Waals surface area contributed by atoms with Crippen molar-refractivity contribution >= 4 is 27.7 Å². The van der Waals surface area contributed by atoms with Crippen LogP contribution < -0.4 is 5.32 Å². The molecule has 1 aliphatic rings. The van der Waals surface area contributed by atoms with E-state index in [0.717, 1.165) is 28.7 Å². The molecule has 3 rings (SSSR count). The molecule has 0 spiro atoms. The lowest BCUT2D eigenvalue weighted by molar-refractivity contribution is 0.0636. The van der Waals surface area contributed by atoms with Crippen molar-refractivity contribution in [2.45, 2.75) is 39.2 Å². The van der Waals surface area contributed by atoms with Crippen molar-refractivity contribution in [3.8, 4) is 5.69 Å². The fraction of sp³-hybridized carbons (Fsp3) is 0.400. The van der Waals surface area contributed by atoms with E-state index in [1.807, 2.05) is 25.5 Å². The maximum atomic E-state index is 11.9. The Balaban J connectivity index is 1.89. The number of pyridine rings is 1. The number of amides is 1. The molecule has 0 unspecified atom stereocenters. The lowest BCUT2D eigenvalue weighted by atomic mass is 10.0. The van der Waals surface area contributed by atoms with E-state index in [9.17, 15) is 4.79 Å². The van der Waals surface area contributed by atoms with Crippen LogP contribution >= 0.6 is 15.9 Å². The third-order valence-corrected chi connectivity index (χ3v) is 4.01. The van der Waals surface area contributed by atoms with E-state index in [1.165, 1.54) is 5.56 Å². The van der Waals surface area contributed by atoms with Gasteiger partial charge in [0.1, 0.15) is 5.60 Å². The van der Waals surface area contributed by atoms with Gasteiger partial charge < -0.3 is 4.74 Å². The Bertz CT molecular complexity index is 734. The molecule has 2 aromatic heterocycles. The summed E-state index contributed by atoms with van der Waals surface area (Å²) in [4.78, 5) is 16.1. The summed E-state index contributed by atoms with van der Waals surface area (Å²) in [6, 6.07) is 0. The molecule has 7 heteroatoms. The van der Waals surface area contributed by atoms with Crippen molar-refractivity contribution in [1.82, 2.24) is 14.8 Å². The van der Waals surface area contributed by atoms with Crippen LogP contribution in [-0.4, -0.2) is 26.5 Å². The number of rotatable bonds is 1. The Hall–Kier alpha value is -1.89. The maximum absolute atomic E-state index is 11.9. The standard InChI is InChI=1S/C15H17BrN4O2/c1-15(2,3)22-14(21)19-11-7-18-20-12(11)5-4-9-10(16)6-17-8-13(9)20/h6-8H,4-5H2,1-3H3,(H,19,21). The average molecular weight is 365 g/mol. The molecular weight excluding hydrogens is 348 g/mol. The minimum Gasteiger partial charge on any atom is -0.444 e. The number of anilines is 1. The maximum Gasteiger partial charge on any atom is 0.412 e. The summed E-state index contributed by atoms with van der Waals surface area (Å²) in [5, 5.41) is 7.15. The van der Waals surface area contributed by atoms with Gasteiger partial charge in [-0.3, -0.25) is 10.3 Å². The van der Waals surface area contributed by atoms with Gasteiger partial charge in [-0.1, -0.05) is 0 Å². The number of nitrogens with one attached hydrogen (secondary N) is 1. The summed E-state index contributed by atoms with van der Waals surface area (Å²) in [7, 11) is 0. The normalized spacial score (nSPS) is 13.3. The van der Waals surface area contributed by atoms with Crippen LogP contribution in [0.5, 0.6) is 0 Å². The van der Waals surface area contributed by atoms with Crippen molar-refractivity contribution in [2.75, 3.05) is 5.32 Å². The molecule has 116 valence electrons. The molecular formula is C15H17BrN4O2. The van der Waals surface area contributed by atoms with E-state index in [2.05, 4.69) is 31.3 Å². The first-order chi connectivity index (χ1) is 10.3. The molecule has 1 aliphatic heterocycles. The van der Waals surface area contributed by atoms with Gasteiger partial charge in [0.05, 0.1) is 29.5 Å². The van der Waals surface area contributed by atoms with E-state index in [-0.39, 0.29) is 0 Å². The Labute approximate surface area is 137 Å². The largest absolute Gasteiger partial charge is 0.444 e. The van der Waals surface area contributed by atoms with E-state index < -0.39 is 11.7 Å². The molecule has 3 heterocycles. The predicted octanol–water partition coefficient (Wildman–Crippen LogP) is 3.48. The zero-order valence-corrected chi connectivity index (χ0v) is 14.3. The summed E-state index contributed by atoms with van der Waals surface area (Å²) < 4.78 is 8.09. The third-order valence-electron chi connectivity index (χ3n) is 3.33. The summed E-state index contributed by atoms with van der Waals surface area (Å²) in [6.07, 6.45) is 6.41. The van der Waals surface area contributed by atoms with Gasteiger partial charge in [-0.2, -0.15) is 5.10 Å². The monoisotopic (exact) mass is 364 g/mol. The second-order valence-corrected chi connectivity index (χ2v) is 7.02. The first-order valence-corrected chi connectivity index (χ1v) is 7.84. The molecule has 0 saturated heterocycles. The highest BCUT2D eigenvalue weighted by molar-refractivity contribution is 9.10. The predicted molar refractivity (Wildman–Crippen MR) is 86.3 cm³/mol. The Morgan fingerprint density at radius 1 is 1.32 bits per heavy atom. The molecule has 22 heavy (non-hydrogen) atoms. The highest BCUT2D eigenvalue weighted by Gasteiger charge is 2.24. The first-order valence-electron chi connectivity index (χ1n) is 7.05. The van der Waals surface area contributed by atoms with Gasteiger partial charge in [-0.25, -0.2) is 9.48 Å².